The number of hydrogen-bond donors (Lipinski definition) is 1. The molecule has 0 bridgehead atoms. The third-order valence-electron chi connectivity index (χ3n) is 8.77. The van der Waals surface area contributed by atoms with Gasteiger partial charge in [0.1, 0.15) is 29.4 Å². The number of methoxy groups -OCH3 is 1. The highest BCUT2D eigenvalue weighted by Gasteiger charge is 2.42. The number of rotatable bonds is 12. The van der Waals surface area contributed by atoms with Gasteiger partial charge in [-0.3, -0.25) is 14.7 Å². The molecule has 3 aromatic rings. The van der Waals surface area contributed by atoms with E-state index in [2.05, 4.69) is 9.88 Å². The number of carbonyl (C=O) groups is 1. The summed E-state index contributed by atoms with van der Waals surface area (Å²) in [6.45, 7) is 4.63. The molecule has 0 unspecified atom stereocenters. The Hall–Kier alpha value is -2.93. The predicted octanol–water partition coefficient (Wildman–Crippen LogP) is 6.24. The van der Waals surface area contributed by atoms with Crippen molar-refractivity contribution in [3.05, 3.63) is 65.1 Å². The standard InChI is InChI=1S/C32H37F4N3O4S/c1-42-23-2-3-28-24(18-23)29(21(19-37-28)20-39-10-13-43-14-11-39)25(34)4-5-32(31(40)41)6-8-38(9-7-32)12-15-44-30-26(35)16-22(33)17-27(30)36/h2-3,16-19,25H,4-15,20H2,1H3,(H,40,41)/t25-/m0/s1. The first-order chi connectivity index (χ1) is 21.2. The number of morpholine rings is 1. The lowest BCUT2D eigenvalue weighted by Crippen LogP contribution is -2.45. The molecule has 7 nitrogen and oxygen atoms in total. The van der Waals surface area contributed by atoms with Gasteiger partial charge in [0, 0.05) is 61.2 Å². The third-order valence-corrected chi connectivity index (χ3v) is 9.84. The van der Waals surface area contributed by atoms with E-state index >= 15 is 4.39 Å². The van der Waals surface area contributed by atoms with Crippen molar-refractivity contribution in [1.82, 2.24) is 14.8 Å². The van der Waals surface area contributed by atoms with Gasteiger partial charge in [-0.05, 0) is 62.5 Å². The summed E-state index contributed by atoms with van der Waals surface area (Å²) in [5, 5.41) is 10.9. The van der Waals surface area contributed by atoms with Crippen molar-refractivity contribution in [3.8, 4) is 5.75 Å². The number of thioether (sulfide) groups is 1. The SMILES string of the molecule is COc1ccc2ncc(CN3CCOCC3)c([C@@H](F)CCC3(C(=O)O)CCN(CCSc4c(F)cc(F)cc4F)CC3)c2c1. The maximum absolute atomic E-state index is 16.4. The number of fused-ring (bicyclic) bond motifs is 1. The Kier molecular flexibility index (Phi) is 10.7. The van der Waals surface area contributed by atoms with Gasteiger partial charge in [-0.2, -0.15) is 0 Å². The van der Waals surface area contributed by atoms with Gasteiger partial charge in [-0.15, -0.1) is 11.8 Å². The van der Waals surface area contributed by atoms with Gasteiger partial charge in [0.15, 0.2) is 0 Å². The summed E-state index contributed by atoms with van der Waals surface area (Å²) >= 11 is 0.962. The third kappa shape index (κ3) is 7.47. The van der Waals surface area contributed by atoms with Crippen LogP contribution in [0.4, 0.5) is 17.6 Å². The van der Waals surface area contributed by atoms with E-state index in [0.717, 1.165) is 30.4 Å². The molecule has 12 heteroatoms. The number of likely N-dealkylation sites (tertiary alicyclic amines) is 1. The number of carboxylic acids is 1. The van der Waals surface area contributed by atoms with E-state index in [9.17, 15) is 23.1 Å². The van der Waals surface area contributed by atoms with Crippen molar-refractivity contribution in [1.29, 1.82) is 0 Å². The molecule has 2 aliphatic heterocycles. The van der Waals surface area contributed by atoms with Gasteiger partial charge >= 0.3 is 5.97 Å². The number of aromatic nitrogens is 1. The van der Waals surface area contributed by atoms with E-state index in [1.165, 1.54) is 0 Å². The van der Waals surface area contributed by atoms with Crippen LogP contribution < -0.4 is 4.74 Å². The zero-order valence-corrected chi connectivity index (χ0v) is 25.5. The molecule has 1 N–H and O–H groups in total. The largest absolute Gasteiger partial charge is 0.497 e. The normalized spacial score (nSPS) is 18.4. The van der Waals surface area contributed by atoms with E-state index in [1.807, 2.05) is 4.90 Å². The highest BCUT2D eigenvalue weighted by Crippen LogP contribution is 2.42. The molecule has 238 valence electrons. The summed E-state index contributed by atoms with van der Waals surface area (Å²) in [7, 11) is 1.56. The van der Waals surface area contributed by atoms with Gasteiger partial charge in [0.2, 0.25) is 0 Å². The molecule has 2 saturated heterocycles. The summed E-state index contributed by atoms with van der Waals surface area (Å²) in [6.07, 6.45) is 1.20. The van der Waals surface area contributed by atoms with E-state index in [-0.39, 0.29) is 17.7 Å². The van der Waals surface area contributed by atoms with Crippen molar-refractivity contribution in [2.75, 3.05) is 58.8 Å². The second-order valence-electron chi connectivity index (χ2n) is 11.4. The smallest absolute Gasteiger partial charge is 0.309 e. The fraction of sp³-hybridized carbons (Fsp3) is 0.500. The van der Waals surface area contributed by atoms with Gasteiger partial charge in [0.05, 0.1) is 36.2 Å². The summed E-state index contributed by atoms with van der Waals surface area (Å²) in [5.74, 6) is -2.84. The fourth-order valence-electron chi connectivity index (χ4n) is 6.12. The van der Waals surface area contributed by atoms with Crippen molar-refractivity contribution >= 4 is 28.6 Å². The molecule has 0 spiro atoms. The summed E-state index contributed by atoms with van der Waals surface area (Å²) in [6, 6.07) is 6.69. The first kappa shape index (κ1) is 32.5. The van der Waals surface area contributed by atoms with E-state index in [1.54, 1.807) is 31.5 Å². The molecule has 0 radical (unpaired) electrons. The van der Waals surface area contributed by atoms with E-state index in [0.29, 0.717) is 92.3 Å². The number of hydrogen-bond acceptors (Lipinski definition) is 7. The van der Waals surface area contributed by atoms with E-state index in [4.69, 9.17) is 9.47 Å². The molecule has 3 heterocycles. The van der Waals surface area contributed by atoms with Crippen LogP contribution in [0.25, 0.3) is 10.9 Å². The van der Waals surface area contributed by atoms with Crippen LogP contribution in [0.1, 0.15) is 43.0 Å². The van der Waals surface area contributed by atoms with Gasteiger partial charge < -0.3 is 19.5 Å². The summed E-state index contributed by atoms with van der Waals surface area (Å²) in [4.78, 5) is 21.2. The van der Waals surface area contributed by atoms with Gasteiger partial charge in [-0.25, -0.2) is 17.6 Å². The first-order valence-corrected chi connectivity index (χ1v) is 15.8. The number of nitrogens with zero attached hydrogens (tertiary/aromatic N) is 3. The van der Waals surface area contributed by atoms with Gasteiger partial charge in [-0.1, -0.05) is 0 Å². The maximum atomic E-state index is 16.4. The van der Waals surface area contributed by atoms with Crippen LogP contribution in [0.3, 0.4) is 0 Å². The number of pyridine rings is 1. The van der Waals surface area contributed by atoms with Crippen molar-refractivity contribution in [2.45, 2.75) is 43.3 Å². The lowest BCUT2D eigenvalue weighted by Gasteiger charge is -2.39. The molecule has 1 aromatic heterocycles. The Morgan fingerprint density at radius 1 is 1.09 bits per heavy atom. The van der Waals surface area contributed by atoms with E-state index < -0.39 is 35.0 Å². The van der Waals surface area contributed by atoms with Crippen LogP contribution >= 0.6 is 11.8 Å². The number of carboxylic acid groups (broad SMARTS) is 1. The van der Waals surface area contributed by atoms with Crippen molar-refractivity contribution < 1.29 is 36.9 Å². The second-order valence-corrected chi connectivity index (χ2v) is 12.6. The van der Waals surface area contributed by atoms with Crippen LogP contribution in [0, 0.1) is 22.9 Å². The molecule has 2 fully saturated rings. The Morgan fingerprint density at radius 3 is 2.45 bits per heavy atom. The molecular weight excluding hydrogens is 598 g/mol. The number of aliphatic carboxylic acids is 1. The molecule has 5 rings (SSSR count). The fourth-order valence-corrected chi connectivity index (χ4v) is 7.07. The highest BCUT2D eigenvalue weighted by molar-refractivity contribution is 7.99. The minimum Gasteiger partial charge on any atom is -0.497 e. The average Bonchev–Trinajstić information content (AvgIpc) is 3.01. The highest BCUT2D eigenvalue weighted by atomic mass is 32.2. The van der Waals surface area contributed by atoms with Gasteiger partial charge in [0.25, 0.3) is 0 Å². The Bertz CT molecular complexity index is 1440. The number of alkyl halides is 1. The molecular formula is C32H37F4N3O4S. The molecule has 0 aliphatic carbocycles. The number of ether oxygens (including phenoxy) is 2. The maximum Gasteiger partial charge on any atom is 0.309 e. The zero-order valence-electron chi connectivity index (χ0n) is 24.7. The summed E-state index contributed by atoms with van der Waals surface area (Å²) < 4.78 is 68.4. The van der Waals surface area contributed by atoms with Crippen LogP contribution in [-0.4, -0.2) is 84.7 Å². The first-order valence-electron chi connectivity index (χ1n) is 14.8. The predicted molar refractivity (Wildman–Crippen MR) is 160 cm³/mol. The van der Waals surface area contributed by atoms with Crippen LogP contribution in [0.15, 0.2) is 41.4 Å². The molecule has 0 saturated carbocycles. The Labute approximate surface area is 258 Å². The van der Waals surface area contributed by atoms with Crippen LogP contribution in [-0.2, 0) is 16.1 Å². The molecule has 0 amide bonds. The summed E-state index contributed by atoms with van der Waals surface area (Å²) in [5.41, 5.74) is 0.865. The zero-order chi connectivity index (χ0) is 31.3. The number of halogens is 4. The quantitative estimate of drug-likeness (QED) is 0.185. The van der Waals surface area contributed by atoms with Crippen molar-refractivity contribution in [3.63, 3.8) is 0 Å². The minimum atomic E-state index is -1.41. The average molecular weight is 636 g/mol. The Balaban J connectivity index is 1.25. The number of benzene rings is 2. The molecule has 2 aromatic carbocycles. The van der Waals surface area contributed by atoms with Crippen molar-refractivity contribution in [2.24, 2.45) is 5.41 Å². The topological polar surface area (TPSA) is 75.1 Å². The minimum absolute atomic E-state index is 0.0394. The Morgan fingerprint density at radius 2 is 1.80 bits per heavy atom. The second kappa shape index (κ2) is 14.4. The molecule has 2 aliphatic rings. The van der Waals surface area contributed by atoms with Crippen LogP contribution in [0.5, 0.6) is 5.75 Å². The number of piperidine rings is 1. The molecule has 1 atom stereocenters. The van der Waals surface area contributed by atoms with Crippen LogP contribution in [0.2, 0.25) is 0 Å². The monoisotopic (exact) mass is 635 g/mol. The molecule has 44 heavy (non-hydrogen) atoms. The lowest BCUT2D eigenvalue weighted by atomic mass is 9.74. The lowest BCUT2D eigenvalue weighted by molar-refractivity contribution is -0.153.